The van der Waals surface area contributed by atoms with E-state index in [1.807, 2.05) is 0 Å². The molecule has 4 heteroatoms. The first-order valence-corrected chi connectivity index (χ1v) is 5.64. The molecule has 1 aromatic heterocycles. The van der Waals surface area contributed by atoms with Crippen molar-refractivity contribution in [1.29, 1.82) is 0 Å². The van der Waals surface area contributed by atoms with E-state index < -0.39 is 0 Å². The van der Waals surface area contributed by atoms with E-state index in [1.165, 1.54) is 11.8 Å². The number of aromatic nitrogens is 2. The Kier molecular flexibility index (Phi) is 4.59. The lowest BCUT2D eigenvalue weighted by Crippen LogP contribution is -1.99. The number of carbonyl (C=O) groups excluding carboxylic acids is 1. The summed E-state index contributed by atoms with van der Waals surface area (Å²) >= 11 is 1.33. The number of nitrogens with zero attached hydrogens (tertiary/aromatic N) is 2. The van der Waals surface area contributed by atoms with Crippen molar-refractivity contribution in [1.82, 2.24) is 9.97 Å². The summed E-state index contributed by atoms with van der Waals surface area (Å²) in [5.41, 5.74) is 1.98. The predicted molar refractivity (Wildman–Crippen MR) is 58.3 cm³/mol. The molecule has 1 heterocycles. The SMILES string of the molecule is CCc1cncc(CCSC(C)=O)n1. The molecule has 0 aliphatic carbocycles. The Morgan fingerprint density at radius 1 is 1.43 bits per heavy atom. The Balaban J connectivity index is 2.46. The Morgan fingerprint density at radius 2 is 2.14 bits per heavy atom. The van der Waals surface area contributed by atoms with Gasteiger partial charge in [-0.05, 0) is 6.42 Å². The maximum Gasteiger partial charge on any atom is 0.185 e. The predicted octanol–water partition coefficient (Wildman–Crippen LogP) is 1.86. The molecule has 0 aromatic carbocycles. The van der Waals surface area contributed by atoms with E-state index >= 15 is 0 Å². The van der Waals surface area contributed by atoms with Crippen LogP contribution in [0.2, 0.25) is 0 Å². The molecule has 76 valence electrons. The average molecular weight is 210 g/mol. The normalized spacial score (nSPS) is 10.1. The molecular weight excluding hydrogens is 196 g/mol. The zero-order valence-corrected chi connectivity index (χ0v) is 9.30. The van der Waals surface area contributed by atoms with Gasteiger partial charge in [-0.3, -0.25) is 14.8 Å². The van der Waals surface area contributed by atoms with Gasteiger partial charge in [0.05, 0.1) is 11.4 Å². The van der Waals surface area contributed by atoms with E-state index in [9.17, 15) is 4.79 Å². The van der Waals surface area contributed by atoms with Crippen molar-refractivity contribution in [3.05, 3.63) is 23.8 Å². The highest BCUT2D eigenvalue weighted by atomic mass is 32.2. The lowest BCUT2D eigenvalue weighted by Gasteiger charge is -2.00. The van der Waals surface area contributed by atoms with E-state index in [4.69, 9.17) is 0 Å². The molecule has 0 unspecified atom stereocenters. The van der Waals surface area contributed by atoms with Gasteiger partial charge in [-0.1, -0.05) is 18.7 Å². The molecule has 0 aliphatic rings. The minimum absolute atomic E-state index is 0.157. The van der Waals surface area contributed by atoms with Gasteiger partial charge in [0.2, 0.25) is 0 Å². The van der Waals surface area contributed by atoms with Crippen LogP contribution in [0.25, 0.3) is 0 Å². The molecule has 0 radical (unpaired) electrons. The summed E-state index contributed by atoms with van der Waals surface area (Å²) in [6, 6.07) is 0. The van der Waals surface area contributed by atoms with Gasteiger partial charge in [0, 0.05) is 31.5 Å². The van der Waals surface area contributed by atoms with E-state index in [-0.39, 0.29) is 5.12 Å². The monoisotopic (exact) mass is 210 g/mol. The lowest BCUT2D eigenvalue weighted by molar-refractivity contribution is -0.109. The number of rotatable bonds is 4. The second kappa shape index (κ2) is 5.75. The summed E-state index contributed by atoms with van der Waals surface area (Å²) in [5.74, 6) is 0.789. The fraction of sp³-hybridized carbons (Fsp3) is 0.500. The maximum absolute atomic E-state index is 10.7. The van der Waals surface area contributed by atoms with Crippen LogP contribution in [0.5, 0.6) is 0 Å². The van der Waals surface area contributed by atoms with E-state index in [0.717, 1.165) is 30.0 Å². The van der Waals surface area contributed by atoms with Crippen molar-refractivity contribution in [2.75, 3.05) is 5.75 Å². The molecule has 14 heavy (non-hydrogen) atoms. The summed E-state index contributed by atoms with van der Waals surface area (Å²) in [6.07, 6.45) is 5.26. The molecule has 0 amide bonds. The van der Waals surface area contributed by atoms with Crippen LogP contribution in [-0.4, -0.2) is 20.8 Å². The van der Waals surface area contributed by atoms with Crippen LogP contribution in [0, 0.1) is 0 Å². The van der Waals surface area contributed by atoms with Crippen LogP contribution in [0.15, 0.2) is 12.4 Å². The summed E-state index contributed by atoms with van der Waals surface area (Å²) < 4.78 is 0. The first-order valence-electron chi connectivity index (χ1n) is 4.65. The van der Waals surface area contributed by atoms with Gasteiger partial charge in [-0.25, -0.2) is 0 Å². The van der Waals surface area contributed by atoms with Gasteiger partial charge in [-0.2, -0.15) is 0 Å². The van der Waals surface area contributed by atoms with E-state index in [1.54, 1.807) is 19.3 Å². The molecule has 0 N–H and O–H groups in total. The molecule has 0 bridgehead atoms. The van der Waals surface area contributed by atoms with Crippen LogP contribution in [-0.2, 0) is 17.6 Å². The summed E-state index contributed by atoms with van der Waals surface area (Å²) in [4.78, 5) is 19.2. The Labute approximate surface area is 88.3 Å². The smallest absolute Gasteiger partial charge is 0.185 e. The molecular formula is C10H14N2OS. The van der Waals surface area contributed by atoms with Gasteiger partial charge in [0.15, 0.2) is 5.12 Å². The number of hydrogen-bond donors (Lipinski definition) is 0. The van der Waals surface area contributed by atoms with Gasteiger partial charge in [0.1, 0.15) is 0 Å². The molecule has 0 saturated heterocycles. The minimum Gasteiger partial charge on any atom is -0.288 e. The molecule has 1 aromatic rings. The highest BCUT2D eigenvalue weighted by molar-refractivity contribution is 8.13. The van der Waals surface area contributed by atoms with Crippen molar-refractivity contribution in [2.45, 2.75) is 26.7 Å². The number of hydrogen-bond acceptors (Lipinski definition) is 4. The Bertz CT molecular complexity index is 315. The molecule has 0 atom stereocenters. The van der Waals surface area contributed by atoms with Crippen LogP contribution in [0.1, 0.15) is 25.2 Å². The lowest BCUT2D eigenvalue weighted by atomic mass is 10.3. The minimum atomic E-state index is 0.157. The quantitative estimate of drug-likeness (QED) is 0.760. The third-order valence-electron chi connectivity index (χ3n) is 1.76. The van der Waals surface area contributed by atoms with Crippen LogP contribution < -0.4 is 0 Å². The first kappa shape index (κ1) is 11.2. The van der Waals surface area contributed by atoms with Crippen LogP contribution in [0.4, 0.5) is 0 Å². The third-order valence-corrected chi connectivity index (χ3v) is 2.57. The van der Waals surface area contributed by atoms with Crippen LogP contribution in [0.3, 0.4) is 0 Å². The highest BCUT2D eigenvalue weighted by Crippen LogP contribution is 2.05. The highest BCUT2D eigenvalue weighted by Gasteiger charge is 1.99. The third kappa shape index (κ3) is 3.87. The second-order valence-corrected chi connectivity index (χ2v) is 4.22. The van der Waals surface area contributed by atoms with Gasteiger partial charge >= 0.3 is 0 Å². The van der Waals surface area contributed by atoms with Crippen molar-refractivity contribution in [3.63, 3.8) is 0 Å². The number of thioether (sulfide) groups is 1. The second-order valence-electron chi connectivity index (χ2n) is 2.95. The molecule has 3 nitrogen and oxygen atoms in total. The summed E-state index contributed by atoms with van der Waals surface area (Å²) in [5, 5.41) is 0.157. The molecule has 1 rings (SSSR count). The zero-order chi connectivity index (χ0) is 10.4. The fourth-order valence-corrected chi connectivity index (χ4v) is 1.64. The van der Waals surface area contributed by atoms with Crippen molar-refractivity contribution in [2.24, 2.45) is 0 Å². The molecule has 0 aliphatic heterocycles. The molecule has 0 saturated carbocycles. The zero-order valence-electron chi connectivity index (χ0n) is 8.49. The van der Waals surface area contributed by atoms with Crippen molar-refractivity contribution >= 4 is 16.9 Å². The summed E-state index contributed by atoms with van der Waals surface area (Å²) in [7, 11) is 0. The number of carbonyl (C=O) groups is 1. The number of aryl methyl sites for hydroxylation is 2. The first-order chi connectivity index (χ1) is 6.72. The van der Waals surface area contributed by atoms with Crippen LogP contribution >= 0.6 is 11.8 Å². The largest absolute Gasteiger partial charge is 0.288 e. The van der Waals surface area contributed by atoms with Gasteiger partial charge in [-0.15, -0.1) is 0 Å². The Morgan fingerprint density at radius 3 is 2.79 bits per heavy atom. The average Bonchev–Trinajstić information content (AvgIpc) is 2.18. The topological polar surface area (TPSA) is 42.9 Å². The van der Waals surface area contributed by atoms with Crippen molar-refractivity contribution in [3.8, 4) is 0 Å². The van der Waals surface area contributed by atoms with E-state index in [0.29, 0.717) is 0 Å². The van der Waals surface area contributed by atoms with Gasteiger partial charge in [0.25, 0.3) is 0 Å². The standard InChI is InChI=1S/C10H14N2OS/c1-3-9-6-11-7-10(12-9)4-5-14-8(2)13/h6-7H,3-5H2,1-2H3. The summed E-state index contributed by atoms with van der Waals surface area (Å²) in [6.45, 7) is 3.64. The maximum atomic E-state index is 10.7. The molecule has 0 spiro atoms. The van der Waals surface area contributed by atoms with Gasteiger partial charge < -0.3 is 0 Å². The fourth-order valence-electron chi connectivity index (χ4n) is 1.04. The van der Waals surface area contributed by atoms with E-state index in [2.05, 4.69) is 16.9 Å². The van der Waals surface area contributed by atoms with Crippen molar-refractivity contribution < 1.29 is 4.79 Å². The molecule has 0 fully saturated rings. The Hall–Kier alpha value is -0.900.